The summed E-state index contributed by atoms with van der Waals surface area (Å²) in [5.74, 6) is 1.67. The second-order valence-electron chi connectivity index (χ2n) is 4.33. The first kappa shape index (κ1) is 14.4. The Labute approximate surface area is 135 Å². The second kappa shape index (κ2) is 6.91. The van der Waals surface area contributed by atoms with Crippen molar-refractivity contribution in [1.82, 2.24) is 9.97 Å². The van der Waals surface area contributed by atoms with Gasteiger partial charge in [-0.25, -0.2) is 9.97 Å². The van der Waals surface area contributed by atoms with Crippen LogP contribution in [0, 0.1) is 0 Å². The molecule has 0 N–H and O–H groups in total. The molecule has 1 heterocycles. The molecule has 0 saturated heterocycles. The zero-order chi connectivity index (χ0) is 14.5. The van der Waals surface area contributed by atoms with Gasteiger partial charge in [-0.2, -0.15) is 0 Å². The zero-order valence-electron chi connectivity index (χ0n) is 11.2. The average molecular weight is 361 g/mol. The van der Waals surface area contributed by atoms with Gasteiger partial charge in [0.1, 0.15) is 5.75 Å². The Morgan fingerprint density at radius 2 is 1.81 bits per heavy atom. The van der Waals surface area contributed by atoms with Gasteiger partial charge in [-0.3, -0.25) is 0 Å². The van der Waals surface area contributed by atoms with Crippen molar-refractivity contribution in [3.05, 3.63) is 59.3 Å². The molecule has 0 unspecified atom stereocenters. The lowest BCUT2D eigenvalue weighted by molar-refractivity contribution is 0.342. The van der Waals surface area contributed by atoms with Crippen molar-refractivity contribution in [2.24, 2.45) is 0 Å². The summed E-state index contributed by atoms with van der Waals surface area (Å²) in [6, 6.07) is 14.1. The summed E-state index contributed by atoms with van der Waals surface area (Å²) < 4.78 is 6.84. The van der Waals surface area contributed by atoms with Gasteiger partial charge in [0, 0.05) is 18.1 Å². The molecule has 0 aliphatic carbocycles. The van der Waals surface area contributed by atoms with E-state index in [1.165, 1.54) is 5.39 Å². The minimum Gasteiger partial charge on any atom is -0.492 e. The largest absolute Gasteiger partial charge is 0.492 e. The highest BCUT2D eigenvalue weighted by molar-refractivity contribution is 9.10. The van der Waals surface area contributed by atoms with Crippen LogP contribution in [0.25, 0.3) is 10.8 Å². The van der Waals surface area contributed by atoms with E-state index in [0.717, 1.165) is 26.5 Å². The summed E-state index contributed by atoms with van der Waals surface area (Å²) in [4.78, 5) is 8.34. The van der Waals surface area contributed by atoms with Gasteiger partial charge >= 0.3 is 0 Å². The van der Waals surface area contributed by atoms with Crippen LogP contribution in [0.4, 0.5) is 0 Å². The Bertz CT molecular complexity index is 737. The van der Waals surface area contributed by atoms with Crippen LogP contribution < -0.4 is 4.74 Å². The molecule has 0 fully saturated rings. The van der Waals surface area contributed by atoms with Crippen LogP contribution in [0.15, 0.2) is 64.5 Å². The van der Waals surface area contributed by atoms with Crippen molar-refractivity contribution < 1.29 is 4.74 Å². The first-order valence-corrected chi connectivity index (χ1v) is 8.32. The summed E-state index contributed by atoms with van der Waals surface area (Å²) in [5.41, 5.74) is 0. The van der Waals surface area contributed by atoms with E-state index in [4.69, 9.17) is 4.74 Å². The maximum atomic E-state index is 5.84. The smallest absolute Gasteiger partial charge is 0.187 e. The highest BCUT2D eigenvalue weighted by atomic mass is 79.9. The van der Waals surface area contributed by atoms with Crippen molar-refractivity contribution in [2.75, 3.05) is 12.4 Å². The summed E-state index contributed by atoms with van der Waals surface area (Å²) >= 11 is 5.21. The van der Waals surface area contributed by atoms with Gasteiger partial charge in [0.05, 0.1) is 11.1 Å². The Hall–Kier alpha value is -1.59. The lowest BCUT2D eigenvalue weighted by Crippen LogP contribution is -2.01. The number of ether oxygens (including phenoxy) is 1. The highest BCUT2D eigenvalue weighted by Crippen LogP contribution is 2.33. The normalized spacial score (nSPS) is 10.7. The lowest BCUT2D eigenvalue weighted by atomic mass is 10.1. The van der Waals surface area contributed by atoms with Crippen LogP contribution in [-0.4, -0.2) is 22.3 Å². The topological polar surface area (TPSA) is 35.0 Å². The van der Waals surface area contributed by atoms with E-state index in [2.05, 4.69) is 44.1 Å². The first-order chi connectivity index (χ1) is 10.3. The number of halogens is 1. The molecule has 3 rings (SSSR count). The molecule has 0 atom stereocenters. The van der Waals surface area contributed by atoms with E-state index >= 15 is 0 Å². The number of nitrogens with zero attached hydrogens (tertiary/aromatic N) is 2. The molecule has 5 heteroatoms. The van der Waals surface area contributed by atoms with Crippen molar-refractivity contribution in [2.45, 2.75) is 5.16 Å². The second-order valence-corrected chi connectivity index (χ2v) is 6.18. The predicted octanol–water partition coefficient (Wildman–Crippen LogP) is 4.56. The van der Waals surface area contributed by atoms with Crippen molar-refractivity contribution >= 4 is 38.5 Å². The SMILES string of the molecule is Brc1c(OCCSc2ncccn2)ccc2ccccc12. The number of aromatic nitrogens is 2. The minimum atomic E-state index is 0.611. The van der Waals surface area contributed by atoms with Gasteiger partial charge in [-0.15, -0.1) is 0 Å². The van der Waals surface area contributed by atoms with Gasteiger partial charge < -0.3 is 4.74 Å². The fourth-order valence-electron chi connectivity index (χ4n) is 1.97. The molecule has 0 aliphatic rings. The van der Waals surface area contributed by atoms with E-state index < -0.39 is 0 Å². The monoisotopic (exact) mass is 360 g/mol. The number of rotatable bonds is 5. The molecule has 0 amide bonds. The molecule has 1 aromatic heterocycles. The average Bonchev–Trinajstić information content (AvgIpc) is 2.55. The molecule has 0 saturated carbocycles. The predicted molar refractivity (Wildman–Crippen MR) is 89.9 cm³/mol. The molecule has 3 nitrogen and oxygen atoms in total. The van der Waals surface area contributed by atoms with Crippen molar-refractivity contribution in [1.29, 1.82) is 0 Å². The number of hydrogen-bond acceptors (Lipinski definition) is 4. The van der Waals surface area contributed by atoms with Crippen LogP contribution in [0.1, 0.15) is 0 Å². The van der Waals surface area contributed by atoms with Crippen LogP contribution in [0.3, 0.4) is 0 Å². The molecule has 0 bridgehead atoms. The Morgan fingerprint density at radius 3 is 2.67 bits per heavy atom. The van der Waals surface area contributed by atoms with Gasteiger partial charge in [-0.05, 0) is 38.8 Å². The third-order valence-electron chi connectivity index (χ3n) is 2.94. The Morgan fingerprint density at radius 1 is 1.00 bits per heavy atom. The maximum absolute atomic E-state index is 5.84. The molecule has 2 aromatic carbocycles. The number of benzene rings is 2. The Balaban J connectivity index is 1.62. The van der Waals surface area contributed by atoms with Crippen LogP contribution in [-0.2, 0) is 0 Å². The molecular formula is C16H13BrN2OS. The summed E-state index contributed by atoms with van der Waals surface area (Å²) in [6.07, 6.45) is 3.49. The molecule has 0 aliphatic heterocycles. The lowest BCUT2D eigenvalue weighted by Gasteiger charge is -2.10. The standard InChI is InChI=1S/C16H13BrN2OS/c17-15-13-5-2-1-4-12(13)6-7-14(15)20-10-11-21-16-18-8-3-9-19-16/h1-9H,10-11H2. The van der Waals surface area contributed by atoms with E-state index in [1.54, 1.807) is 24.2 Å². The fourth-order valence-corrected chi connectivity index (χ4v) is 3.20. The minimum absolute atomic E-state index is 0.611. The van der Waals surface area contributed by atoms with E-state index in [-0.39, 0.29) is 0 Å². The van der Waals surface area contributed by atoms with Crippen LogP contribution in [0.5, 0.6) is 5.75 Å². The highest BCUT2D eigenvalue weighted by Gasteiger charge is 2.06. The summed E-state index contributed by atoms with van der Waals surface area (Å²) in [6.45, 7) is 0.611. The molecule has 106 valence electrons. The van der Waals surface area contributed by atoms with E-state index in [1.807, 2.05) is 24.3 Å². The van der Waals surface area contributed by atoms with Crippen LogP contribution in [0.2, 0.25) is 0 Å². The van der Waals surface area contributed by atoms with Crippen molar-refractivity contribution in [3.8, 4) is 5.75 Å². The van der Waals surface area contributed by atoms with Gasteiger partial charge in [0.15, 0.2) is 5.16 Å². The first-order valence-electron chi connectivity index (χ1n) is 6.54. The van der Waals surface area contributed by atoms with E-state index in [9.17, 15) is 0 Å². The van der Waals surface area contributed by atoms with Gasteiger partial charge in [0.2, 0.25) is 0 Å². The van der Waals surface area contributed by atoms with Gasteiger partial charge in [-0.1, -0.05) is 42.1 Å². The van der Waals surface area contributed by atoms with Crippen molar-refractivity contribution in [3.63, 3.8) is 0 Å². The molecule has 0 spiro atoms. The third-order valence-corrected chi connectivity index (χ3v) is 4.60. The quantitative estimate of drug-likeness (QED) is 0.379. The summed E-state index contributed by atoms with van der Waals surface area (Å²) in [7, 11) is 0. The van der Waals surface area contributed by atoms with Crippen LogP contribution >= 0.6 is 27.7 Å². The summed E-state index contributed by atoms with van der Waals surface area (Å²) in [5, 5.41) is 3.14. The van der Waals surface area contributed by atoms with Gasteiger partial charge in [0.25, 0.3) is 0 Å². The zero-order valence-corrected chi connectivity index (χ0v) is 13.6. The molecule has 3 aromatic rings. The van der Waals surface area contributed by atoms with E-state index in [0.29, 0.717) is 6.61 Å². The Kier molecular flexibility index (Phi) is 4.72. The molecule has 21 heavy (non-hydrogen) atoms. The number of hydrogen-bond donors (Lipinski definition) is 0. The fraction of sp³-hybridized carbons (Fsp3) is 0.125. The number of thioether (sulfide) groups is 1. The number of fused-ring (bicyclic) bond motifs is 1. The molecular weight excluding hydrogens is 348 g/mol. The third kappa shape index (κ3) is 3.54. The molecule has 0 radical (unpaired) electrons. The maximum Gasteiger partial charge on any atom is 0.187 e.